The highest BCUT2D eigenvalue weighted by atomic mass is 32.1. The van der Waals surface area contributed by atoms with Crippen molar-refractivity contribution in [2.75, 3.05) is 20.2 Å². The molecule has 4 aromatic heterocycles. The molecule has 6 aromatic rings. The molecule has 2 amide bonds. The van der Waals surface area contributed by atoms with Crippen molar-refractivity contribution in [2.45, 2.75) is 140 Å². The molecule has 0 spiro atoms. The molecular weight excluding hydrogens is 900 g/mol. The number of fused-ring (bicyclic) bond motifs is 5. The molecule has 364 valence electrons. The van der Waals surface area contributed by atoms with E-state index in [2.05, 4.69) is 44.1 Å². The van der Waals surface area contributed by atoms with Crippen LogP contribution in [0, 0.1) is 11.7 Å². The van der Waals surface area contributed by atoms with Gasteiger partial charge < -0.3 is 38.9 Å². The number of hydrogen-bond donors (Lipinski definition) is 4. The number of nitrogens with one attached hydrogen (secondary N) is 3. The fourth-order valence-corrected chi connectivity index (χ4v) is 12.3. The number of carbonyl (C=O) groups excluding carboxylic acids is 2. The zero-order valence-electron chi connectivity index (χ0n) is 40.0. The number of hydrogen-bond acceptors (Lipinski definition) is 11. The number of imidazole rings is 2. The van der Waals surface area contributed by atoms with E-state index in [0.717, 1.165) is 52.7 Å². The summed E-state index contributed by atoms with van der Waals surface area (Å²) in [5, 5.41) is 14.5. The van der Waals surface area contributed by atoms with Crippen LogP contribution < -0.4 is 10.1 Å². The second-order valence-electron chi connectivity index (χ2n) is 20.6. The van der Waals surface area contributed by atoms with Gasteiger partial charge in [0.1, 0.15) is 28.8 Å². The van der Waals surface area contributed by atoms with Crippen molar-refractivity contribution in [3.8, 4) is 39.5 Å². The van der Waals surface area contributed by atoms with Crippen LogP contribution in [-0.4, -0.2) is 102 Å². The maximum atomic E-state index is 16.9. The summed E-state index contributed by atoms with van der Waals surface area (Å²) >= 11 is 1.75. The highest BCUT2D eigenvalue weighted by molar-refractivity contribution is 7.12. The molecule has 0 bridgehead atoms. The summed E-state index contributed by atoms with van der Waals surface area (Å²) in [6.45, 7) is 10.8. The predicted octanol–water partition coefficient (Wildman–Crippen LogP) is 9.93. The third-order valence-electron chi connectivity index (χ3n) is 14.4. The molecule has 3 unspecified atom stereocenters. The molecule has 1 saturated carbocycles. The Morgan fingerprint density at radius 2 is 1.55 bits per heavy atom. The molecule has 0 radical (unpaired) electrons. The van der Waals surface area contributed by atoms with Crippen molar-refractivity contribution in [1.82, 2.24) is 39.6 Å². The average molecular weight is 961 g/mol. The summed E-state index contributed by atoms with van der Waals surface area (Å²) in [5.74, 6) is 1.77. The van der Waals surface area contributed by atoms with E-state index in [4.69, 9.17) is 28.9 Å². The van der Waals surface area contributed by atoms with Crippen LogP contribution in [0.1, 0.15) is 132 Å². The maximum absolute atomic E-state index is 16.9. The van der Waals surface area contributed by atoms with Gasteiger partial charge in [-0.25, -0.2) is 19.2 Å². The highest BCUT2D eigenvalue weighted by Gasteiger charge is 2.42. The van der Waals surface area contributed by atoms with E-state index in [1.165, 1.54) is 30.9 Å². The van der Waals surface area contributed by atoms with Crippen molar-refractivity contribution in [3.05, 3.63) is 88.1 Å². The lowest BCUT2D eigenvalue weighted by atomic mass is 9.85. The number of thiophene rings is 1. The number of aromatic nitrogens is 5. The van der Waals surface area contributed by atoms with Crippen LogP contribution in [-0.2, 0) is 19.0 Å². The first kappa shape index (κ1) is 45.8. The van der Waals surface area contributed by atoms with Crippen molar-refractivity contribution in [2.24, 2.45) is 5.92 Å². The first-order chi connectivity index (χ1) is 33.2. The number of ether oxygens (including phenoxy) is 4. The van der Waals surface area contributed by atoms with Crippen molar-refractivity contribution in [3.63, 3.8) is 0 Å². The van der Waals surface area contributed by atoms with E-state index in [1.807, 2.05) is 63.9 Å². The quantitative estimate of drug-likeness (QED) is 0.0917. The number of aliphatic hydroxyl groups excluding tert-OH is 1. The number of carbonyl (C=O) groups is 2. The maximum Gasteiger partial charge on any atom is 0.410 e. The molecule has 8 heterocycles. The van der Waals surface area contributed by atoms with E-state index in [-0.39, 0.29) is 42.2 Å². The molecule has 4 aliphatic heterocycles. The van der Waals surface area contributed by atoms with Crippen molar-refractivity contribution >= 4 is 34.2 Å². The number of rotatable bonds is 11. The van der Waals surface area contributed by atoms with Crippen LogP contribution in [0.2, 0.25) is 0 Å². The van der Waals surface area contributed by atoms with Crippen LogP contribution in [0.5, 0.6) is 5.75 Å². The third kappa shape index (κ3) is 8.85. The molecule has 1 aliphatic carbocycles. The monoisotopic (exact) mass is 960 g/mol. The van der Waals surface area contributed by atoms with Crippen molar-refractivity contribution in [1.29, 1.82) is 0 Å². The lowest BCUT2D eigenvalue weighted by Gasteiger charge is -2.39. The fraction of sp³-hybridized carbons (Fsp3) is 0.500. The summed E-state index contributed by atoms with van der Waals surface area (Å²) in [6.07, 6.45) is 8.16. The van der Waals surface area contributed by atoms with Crippen molar-refractivity contribution < 1.29 is 38.0 Å². The van der Waals surface area contributed by atoms with Crippen LogP contribution in [0.15, 0.2) is 60.9 Å². The number of benzene rings is 2. The average Bonchev–Trinajstić information content (AvgIpc) is 4.03. The van der Waals surface area contributed by atoms with Gasteiger partial charge in [-0.1, -0.05) is 6.07 Å². The first-order valence-corrected chi connectivity index (χ1v) is 25.3. The summed E-state index contributed by atoms with van der Waals surface area (Å²) in [7, 11) is 1.41. The number of methoxy groups -OCH3 is 1. The standard InChI is InChI=1S/C52H61FN8O7S/c1-27-19-33(20-28(2)66-27)45(58-50(63)65-6)48(62)59-17-7-9-38(59)46-54-25-35(56-46)30-13-14-37-32(21-30)23-40-44-34(53)22-31(24-41(44)67-49(61(37)40)43-16-15-42(69-43)29-11-12-29)36-26-55-47(57-36)39-10-8-18-60(39)51(64)68-52(3,4)5/h13-16,21-29,33,38-39,45,49-50,58,63H,7-12,17-20H2,1-6H3,(H,54,56)(H,55,57)/t27-,28+,33?,38-,39+,45+,49?,50?/m1/s1. The molecule has 3 saturated heterocycles. The van der Waals surface area contributed by atoms with E-state index in [0.29, 0.717) is 71.8 Å². The summed E-state index contributed by atoms with van der Waals surface area (Å²) in [5.41, 5.74) is 4.28. The highest BCUT2D eigenvalue weighted by Crippen LogP contribution is 2.50. The molecule has 4 N–H and O–H groups in total. The Bertz CT molecular complexity index is 2890. The Kier molecular flexibility index (Phi) is 11.9. The third-order valence-corrected chi connectivity index (χ3v) is 15.6. The summed E-state index contributed by atoms with van der Waals surface area (Å²) in [6, 6.07) is 14.8. The molecule has 17 heteroatoms. The molecule has 15 nitrogen and oxygen atoms in total. The normalized spacial score (nSPS) is 24.6. The van der Waals surface area contributed by atoms with Gasteiger partial charge in [-0.15, -0.1) is 11.3 Å². The Morgan fingerprint density at radius 1 is 0.884 bits per heavy atom. The van der Waals surface area contributed by atoms with Crippen LogP contribution >= 0.6 is 11.3 Å². The molecule has 4 fully saturated rings. The summed E-state index contributed by atoms with van der Waals surface area (Å²) < 4.78 is 42.8. The lowest BCUT2D eigenvalue weighted by Crippen LogP contribution is -2.55. The number of nitrogens with zero attached hydrogens (tertiary/aromatic N) is 5. The number of halogens is 1. The van der Waals surface area contributed by atoms with E-state index in [1.54, 1.807) is 22.4 Å². The number of H-pyrrole nitrogens is 2. The second-order valence-corrected chi connectivity index (χ2v) is 21.7. The van der Waals surface area contributed by atoms with Gasteiger partial charge in [-0.2, -0.15) is 0 Å². The van der Waals surface area contributed by atoms with E-state index < -0.39 is 30.1 Å². The minimum absolute atomic E-state index is 0.0115. The zero-order chi connectivity index (χ0) is 47.9. The van der Waals surface area contributed by atoms with Gasteiger partial charge in [0.2, 0.25) is 18.5 Å². The lowest BCUT2D eigenvalue weighted by molar-refractivity contribution is -0.150. The minimum Gasteiger partial charge on any atom is -0.464 e. The van der Waals surface area contributed by atoms with Gasteiger partial charge in [0.05, 0.1) is 75.8 Å². The molecule has 8 atom stereocenters. The van der Waals surface area contributed by atoms with Crippen LogP contribution in [0.4, 0.5) is 9.18 Å². The Morgan fingerprint density at radius 3 is 2.23 bits per heavy atom. The van der Waals surface area contributed by atoms with Gasteiger partial charge in [0, 0.05) is 41.6 Å². The van der Waals surface area contributed by atoms with E-state index in [9.17, 15) is 14.7 Å². The summed E-state index contributed by atoms with van der Waals surface area (Å²) in [4.78, 5) is 50.1. The SMILES string of the molecule is COC(O)N[C@H](C(=O)N1CCC[C@@H]1c1ncc(-c2ccc3c(c2)cc2n3C(c3ccc(C4CC4)s3)Oc3cc(-c4cnc([C@@H]5CCCN5C(=O)OC(C)(C)C)[nH]4)cc(F)c3-2)[nH]1)C1C[C@@H](C)O[C@@H](C)C1. The number of aliphatic hydroxyl groups is 1. The van der Waals surface area contributed by atoms with Gasteiger partial charge >= 0.3 is 6.09 Å². The Hall–Kier alpha value is -5.59. The zero-order valence-corrected chi connectivity index (χ0v) is 40.8. The van der Waals surface area contributed by atoms with Gasteiger partial charge in [-0.3, -0.25) is 19.6 Å². The predicted molar refractivity (Wildman–Crippen MR) is 259 cm³/mol. The first-order valence-electron chi connectivity index (χ1n) is 24.5. The van der Waals surface area contributed by atoms with Gasteiger partial charge in [-0.05, 0) is 140 Å². The fourth-order valence-electron chi connectivity index (χ4n) is 11.1. The van der Waals surface area contributed by atoms with Crippen LogP contribution in [0.25, 0.3) is 44.7 Å². The molecule has 69 heavy (non-hydrogen) atoms. The van der Waals surface area contributed by atoms with E-state index >= 15 is 4.39 Å². The Labute approximate surface area is 404 Å². The van der Waals surface area contributed by atoms with Gasteiger partial charge in [0.25, 0.3) is 0 Å². The number of likely N-dealkylation sites (tertiary alicyclic amines) is 2. The largest absolute Gasteiger partial charge is 0.464 e. The van der Waals surface area contributed by atoms with Crippen LogP contribution in [0.3, 0.4) is 0 Å². The number of aromatic amines is 2. The smallest absolute Gasteiger partial charge is 0.410 e. The molecular formula is C52H61FN8O7S. The Balaban J connectivity index is 0.901. The molecule has 2 aromatic carbocycles. The topological polar surface area (TPSA) is 172 Å². The second kappa shape index (κ2) is 18.0. The number of amides is 2. The molecule has 11 rings (SSSR count). The molecule has 5 aliphatic rings. The van der Waals surface area contributed by atoms with Gasteiger partial charge in [0.15, 0.2) is 0 Å². The minimum atomic E-state index is -1.29.